The first-order valence-electron chi connectivity index (χ1n) is 7.55. The molecule has 1 aromatic carbocycles. The Morgan fingerprint density at radius 1 is 1.18 bits per heavy atom. The van der Waals surface area contributed by atoms with Crippen molar-refractivity contribution in [2.75, 3.05) is 13.2 Å². The fourth-order valence-electron chi connectivity index (χ4n) is 3.61. The zero-order valence-electron chi connectivity index (χ0n) is 12.1. The highest BCUT2D eigenvalue weighted by Gasteiger charge is 2.59. The minimum atomic E-state index is -0.993. The van der Waals surface area contributed by atoms with Crippen molar-refractivity contribution < 1.29 is 23.8 Å². The average molecular weight is 303 g/mol. The number of cyclic esters (lactones) is 1. The standard InChI is InChI=1S/C16H17NO5/c18-14-9-13(16(22-14)7-4-8-21-16)17-12(10-20-15(17)19)11-5-2-1-3-6-11/h1-3,5-6,12-13H,4,7-10H2/t12-,13+,16+/m1/s1. The van der Waals surface area contributed by atoms with Crippen molar-refractivity contribution in [2.24, 2.45) is 0 Å². The fraction of sp³-hybridized carbons (Fsp3) is 0.500. The molecule has 0 aromatic heterocycles. The maximum absolute atomic E-state index is 12.3. The van der Waals surface area contributed by atoms with Gasteiger partial charge in [-0.2, -0.15) is 0 Å². The molecule has 3 atom stereocenters. The SMILES string of the molecule is O=C1C[C@H](N2C(=O)OC[C@@H]2c2ccccc2)[C@]2(CCCO2)O1. The molecule has 0 saturated carbocycles. The summed E-state index contributed by atoms with van der Waals surface area (Å²) in [6, 6.07) is 9.05. The number of amides is 1. The maximum atomic E-state index is 12.3. The zero-order valence-corrected chi connectivity index (χ0v) is 12.1. The quantitative estimate of drug-likeness (QED) is 0.782. The summed E-state index contributed by atoms with van der Waals surface area (Å²) in [4.78, 5) is 25.7. The first-order valence-corrected chi connectivity index (χ1v) is 7.55. The lowest BCUT2D eigenvalue weighted by atomic mass is 9.98. The Hall–Kier alpha value is -2.08. The number of esters is 1. The molecule has 3 saturated heterocycles. The molecule has 3 heterocycles. The van der Waals surface area contributed by atoms with E-state index in [1.807, 2.05) is 30.3 Å². The van der Waals surface area contributed by atoms with E-state index in [4.69, 9.17) is 14.2 Å². The van der Waals surface area contributed by atoms with Gasteiger partial charge >= 0.3 is 12.1 Å². The predicted octanol–water partition coefficient (Wildman–Crippen LogP) is 2.00. The van der Waals surface area contributed by atoms with Crippen molar-refractivity contribution in [3.8, 4) is 0 Å². The van der Waals surface area contributed by atoms with Crippen LogP contribution in [0.2, 0.25) is 0 Å². The summed E-state index contributed by atoms with van der Waals surface area (Å²) < 4.78 is 16.4. The van der Waals surface area contributed by atoms with Gasteiger partial charge in [-0.05, 0) is 12.0 Å². The van der Waals surface area contributed by atoms with Crippen molar-refractivity contribution >= 4 is 12.1 Å². The Morgan fingerprint density at radius 2 is 2.00 bits per heavy atom. The number of nitrogens with zero attached hydrogens (tertiary/aromatic N) is 1. The summed E-state index contributed by atoms with van der Waals surface area (Å²) in [5.41, 5.74) is 0.987. The third kappa shape index (κ3) is 1.98. The first kappa shape index (κ1) is 13.6. The van der Waals surface area contributed by atoms with E-state index in [1.165, 1.54) is 0 Å². The summed E-state index contributed by atoms with van der Waals surface area (Å²) in [5.74, 6) is -1.31. The molecule has 4 rings (SSSR count). The summed E-state index contributed by atoms with van der Waals surface area (Å²) in [6.07, 6.45) is 1.18. The number of rotatable bonds is 2. The first-order chi connectivity index (χ1) is 10.7. The Morgan fingerprint density at radius 3 is 2.73 bits per heavy atom. The summed E-state index contributed by atoms with van der Waals surface area (Å²) in [6.45, 7) is 0.826. The van der Waals surface area contributed by atoms with Crippen molar-refractivity contribution in [3.05, 3.63) is 35.9 Å². The van der Waals surface area contributed by atoms with Crippen molar-refractivity contribution in [2.45, 2.75) is 37.1 Å². The lowest BCUT2D eigenvalue weighted by molar-refractivity contribution is -0.207. The van der Waals surface area contributed by atoms with E-state index < -0.39 is 17.9 Å². The van der Waals surface area contributed by atoms with Gasteiger partial charge < -0.3 is 14.2 Å². The van der Waals surface area contributed by atoms with Gasteiger partial charge in [0.05, 0.1) is 19.1 Å². The highest BCUT2D eigenvalue weighted by Crippen LogP contribution is 2.44. The molecule has 0 radical (unpaired) electrons. The second-order valence-corrected chi connectivity index (χ2v) is 5.87. The lowest BCUT2D eigenvalue weighted by Crippen LogP contribution is -2.51. The smallest absolute Gasteiger partial charge is 0.410 e. The van der Waals surface area contributed by atoms with Gasteiger partial charge in [-0.15, -0.1) is 0 Å². The van der Waals surface area contributed by atoms with Gasteiger partial charge in [-0.1, -0.05) is 30.3 Å². The van der Waals surface area contributed by atoms with Crippen LogP contribution in [0.5, 0.6) is 0 Å². The molecule has 0 unspecified atom stereocenters. The van der Waals surface area contributed by atoms with Crippen LogP contribution in [0.4, 0.5) is 4.79 Å². The molecule has 3 fully saturated rings. The lowest BCUT2D eigenvalue weighted by Gasteiger charge is -2.35. The number of carbonyl (C=O) groups excluding carboxylic acids is 2. The predicted molar refractivity (Wildman–Crippen MR) is 74.8 cm³/mol. The molecule has 1 aromatic rings. The van der Waals surface area contributed by atoms with E-state index in [1.54, 1.807) is 4.90 Å². The average Bonchev–Trinajstić information content (AvgIpc) is 3.21. The third-order valence-corrected chi connectivity index (χ3v) is 4.60. The number of hydrogen-bond acceptors (Lipinski definition) is 5. The topological polar surface area (TPSA) is 65.1 Å². The van der Waals surface area contributed by atoms with Gasteiger partial charge in [-0.25, -0.2) is 4.79 Å². The summed E-state index contributed by atoms with van der Waals surface area (Å²) in [7, 11) is 0. The highest BCUT2D eigenvalue weighted by atomic mass is 16.7. The molecule has 6 nitrogen and oxygen atoms in total. The molecule has 0 N–H and O–H groups in total. The van der Waals surface area contributed by atoms with Gasteiger partial charge in [0.15, 0.2) is 0 Å². The van der Waals surface area contributed by atoms with E-state index in [0.717, 1.165) is 12.0 Å². The van der Waals surface area contributed by atoms with E-state index in [-0.39, 0.29) is 25.0 Å². The monoisotopic (exact) mass is 303 g/mol. The third-order valence-electron chi connectivity index (χ3n) is 4.60. The highest BCUT2D eigenvalue weighted by molar-refractivity contribution is 5.77. The molecule has 1 amide bonds. The van der Waals surface area contributed by atoms with Crippen LogP contribution in [0.1, 0.15) is 30.9 Å². The number of hydrogen-bond donors (Lipinski definition) is 0. The summed E-state index contributed by atoms with van der Waals surface area (Å²) >= 11 is 0. The van der Waals surface area contributed by atoms with Gasteiger partial charge in [0.2, 0.25) is 5.79 Å². The molecule has 116 valence electrons. The van der Waals surface area contributed by atoms with Crippen LogP contribution in [0.15, 0.2) is 30.3 Å². The Bertz CT molecular complexity index is 596. The van der Waals surface area contributed by atoms with Crippen molar-refractivity contribution in [1.29, 1.82) is 0 Å². The maximum Gasteiger partial charge on any atom is 0.410 e. The van der Waals surface area contributed by atoms with Crippen LogP contribution in [-0.4, -0.2) is 42.0 Å². The second kappa shape index (κ2) is 4.98. The van der Waals surface area contributed by atoms with E-state index in [9.17, 15) is 9.59 Å². The molecule has 0 aliphatic carbocycles. The summed E-state index contributed by atoms with van der Waals surface area (Å²) in [5, 5.41) is 0. The molecule has 0 bridgehead atoms. The number of carbonyl (C=O) groups is 2. The van der Waals surface area contributed by atoms with E-state index >= 15 is 0 Å². The largest absolute Gasteiger partial charge is 0.447 e. The van der Waals surface area contributed by atoms with E-state index in [0.29, 0.717) is 13.0 Å². The fourth-order valence-corrected chi connectivity index (χ4v) is 3.61. The molecule has 22 heavy (non-hydrogen) atoms. The van der Waals surface area contributed by atoms with Gasteiger partial charge in [-0.3, -0.25) is 9.69 Å². The Balaban J connectivity index is 1.69. The minimum Gasteiger partial charge on any atom is -0.447 e. The van der Waals surface area contributed by atoms with Gasteiger partial charge in [0, 0.05) is 6.42 Å². The van der Waals surface area contributed by atoms with Gasteiger partial charge in [0.1, 0.15) is 12.6 Å². The van der Waals surface area contributed by atoms with Crippen LogP contribution >= 0.6 is 0 Å². The van der Waals surface area contributed by atoms with Crippen LogP contribution in [0, 0.1) is 0 Å². The van der Waals surface area contributed by atoms with E-state index in [2.05, 4.69) is 0 Å². The normalized spacial score (nSPS) is 34.3. The molecular formula is C16H17NO5. The second-order valence-electron chi connectivity index (χ2n) is 5.87. The van der Waals surface area contributed by atoms with Crippen LogP contribution < -0.4 is 0 Å². The van der Waals surface area contributed by atoms with Gasteiger partial charge in [0.25, 0.3) is 0 Å². The Labute approximate surface area is 127 Å². The van der Waals surface area contributed by atoms with Crippen LogP contribution in [0.25, 0.3) is 0 Å². The molecular weight excluding hydrogens is 286 g/mol. The number of ether oxygens (including phenoxy) is 3. The van der Waals surface area contributed by atoms with Crippen LogP contribution in [0.3, 0.4) is 0 Å². The van der Waals surface area contributed by atoms with Crippen LogP contribution in [-0.2, 0) is 19.0 Å². The number of benzene rings is 1. The molecule has 6 heteroatoms. The minimum absolute atomic E-state index is 0.151. The zero-order chi connectivity index (χ0) is 15.2. The molecule has 3 aliphatic rings. The molecule has 1 spiro atoms. The Kier molecular flexibility index (Phi) is 3.07. The van der Waals surface area contributed by atoms with Crippen molar-refractivity contribution in [3.63, 3.8) is 0 Å². The molecule has 3 aliphatic heterocycles. The van der Waals surface area contributed by atoms with Crippen molar-refractivity contribution in [1.82, 2.24) is 4.90 Å².